The summed E-state index contributed by atoms with van der Waals surface area (Å²) in [7, 11) is 0. The Bertz CT molecular complexity index is 526. The van der Waals surface area contributed by atoms with Gasteiger partial charge in [0.2, 0.25) is 0 Å². The summed E-state index contributed by atoms with van der Waals surface area (Å²) in [6.45, 7) is 8.97. The van der Waals surface area contributed by atoms with Crippen molar-refractivity contribution in [2.24, 2.45) is 23.2 Å². The maximum absolute atomic E-state index is 2.62. The third-order valence-corrected chi connectivity index (χ3v) is 5.28. The first-order valence-electron chi connectivity index (χ1n) is 8.63. The van der Waals surface area contributed by atoms with Gasteiger partial charge in [0.15, 0.2) is 0 Å². The molecule has 0 bridgehead atoms. The first-order valence-corrected chi connectivity index (χ1v) is 9.86. The van der Waals surface area contributed by atoms with Gasteiger partial charge in [-0.1, -0.05) is 68.2 Å². The van der Waals surface area contributed by atoms with Gasteiger partial charge in [0.1, 0.15) is 0 Å². The van der Waals surface area contributed by atoms with Crippen molar-refractivity contribution in [2.45, 2.75) is 47.0 Å². The van der Waals surface area contributed by atoms with Crippen LogP contribution in [0.1, 0.15) is 47.0 Å². The summed E-state index contributed by atoms with van der Waals surface area (Å²) in [5, 5.41) is 0. The molecule has 3 rings (SSSR count). The summed E-state index contributed by atoms with van der Waals surface area (Å²) < 4.78 is 1.51. The molecule has 0 saturated heterocycles. The van der Waals surface area contributed by atoms with Crippen LogP contribution >= 0.6 is 0 Å². The third kappa shape index (κ3) is 5.15. The second-order valence-corrected chi connectivity index (χ2v) is 9.30. The number of hydrogen-bond donors (Lipinski definition) is 0. The van der Waals surface area contributed by atoms with Crippen LogP contribution in [0.3, 0.4) is 0 Å². The first-order chi connectivity index (χ1) is 10.5. The van der Waals surface area contributed by atoms with Crippen LogP contribution in [0, 0.1) is 29.6 Å². The summed E-state index contributed by atoms with van der Waals surface area (Å²) in [5.74, 6) is 2.10. The SMILES string of the molecule is CCC1C(C2=CC=CC2)[CH-]C2C=CC=CC21CC.C[C](C)=[Zr+2].[Cl-].[Cl-]. The monoisotopic (exact) mass is 441 g/mol. The quantitative estimate of drug-likeness (QED) is 0.522. The first kappa shape index (κ1) is 24.3. The van der Waals surface area contributed by atoms with Crippen molar-refractivity contribution < 1.29 is 49.0 Å². The zero-order chi connectivity index (χ0) is 16.2. The molecule has 1 saturated carbocycles. The molecule has 0 aromatic rings. The Labute approximate surface area is 176 Å². The van der Waals surface area contributed by atoms with Gasteiger partial charge < -0.3 is 31.2 Å². The Morgan fingerprint density at radius 1 is 1.21 bits per heavy atom. The van der Waals surface area contributed by atoms with Crippen LogP contribution in [-0.4, -0.2) is 3.21 Å². The summed E-state index contributed by atoms with van der Waals surface area (Å²) in [6.07, 6.45) is 22.6. The molecule has 0 aliphatic heterocycles. The Morgan fingerprint density at radius 2 is 1.88 bits per heavy atom. The molecule has 0 nitrogen and oxygen atoms in total. The maximum Gasteiger partial charge on any atom is -1.00 e. The molecule has 0 aromatic heterocycles. The van der Waals surface area contributed by atoms with Crippen molar-refractivity contribution in [3.05, 3.63) is 54.5 Å². The molecule has 0 heterocycles. The van der Waals surface area contributed by atoms with Gasteiger partial charge in [-0.25, -0.2) is 0 Å². The molecule has 0 amide bonds. The second-order valence-electron chi connectivity index (χ2n) is 6.84. The molecule has 1 fully saturated rings. The van der Waals surface area contributed by atoms with Gasteiger partial charge in [0.25, 0.3) is 0 Å². The van der Waals surface area contributed by atoms with Crippen LogP contribution in [0.15, 0.2) is 48.1 Å². The molecule has 3 aliphatic carbocycles. The zero-order valence-electron chi connectivity index (χ0n) is 15.2. The fourth-order valence-corrected chi connectivity index (χ4v) is 4.36. The molecular formula is C21H29Cl2Zr-. The Hall–Kier alpha value is 0.293. The molecule has 3 aliphatic rings. The zero-order valence-corrected chi connectivity index (χ0v) is 19.2. The van der Waals surface area contributed by atoms with Crippen LogP contribution in [0.5, 0.6) is 0 Å². The minimum Gasteiger partial charge on any atom is -1.00 e. The van der Waals surface area contributed by atoms with Crippen molar-refractivity contribution in [1.29, 1.82) is 0 Å². The minimum atomic E-state index is 0. The topological polar surface area (TPSA) is 0 Å². The molecule has 132 valence electrons. The Kier molecular flexibility index (Phi) is 11.2. The molecule has 24 heavy (non-hydrogen) atoms. The number of halogens is 2. The third-order valence-electron chi connectivity index (χ3n) is 5.28. The van der Waals surface area contributed by atoms with Gasteiger partial charge in [0, 0.05) is 0 Å². The average Bonchev–Trinajstić information content (AvgIpc) is 3.11. The van der Waals surface area contributed by atoms with E-state index in [-0.39, 0.29) is 24.8 Å². The van der Waals surface area contributed by atoms with E-state index in [0.29, 0.717) is 17.3 Å². The van der Waals surface area contributed by atoms with E-state index < -0.39 is 0 Å². The van der Waals surface area contributed by atoms with Crippen molar-refractivity contribution in [3.63, 3.8) is 0 Å². The summed E-state index contributed by atoms with van der Waals surface area (Å²) >= 11 is 1.55. The Morgan fingerprint density at radius 3 is 2.38 bits per heavy atom. The van der Waals surface area contributed by atoms with Gasteiger partial charge in [-0.2, -0.15) is 0 Å². The summed E-state index contributed by atoms with van der Waals surface area (Å²) in [5.41, 5.74) is 2.02. The average molecular weight is 444 g/mol. The number of fused-ring (bicyclic) bond motifs is 1. The molecule has 0 spiro atoms. The fraction of sp³-hybridized carbons (Fsp3) is 0.524. The van der Waals surface area contributed by atoms with E-state index in [1.54, 1.807) is 29.8 Å². The predicted molar refractivity (Wildman–Crippen MR) is 94.3 cm³/mol. The molecule has 3 heteroatoms. The largest absolute Gasteiger partial charge is 1.00 e. The van der Waals surface area contributed by atoms with Gasteiger partial charge in [-0.15, -0.1) is 17.9 Å². The molecule has 0 radical (unpaired) electrons. The maximum atomic E-state index is 2.62. The molecule has 0 N–H and O–H groups in total. The summed E-state index contributed by atoms with van der Waals surface area (Å²) in [6, 6.07) is 0. The Balaban J connectivity index is 0.000000801. The second kappa shape index (κ2) is 11.1. The smallest absolute Gasteiger partial charge is 1.00 e. The molecular weight excluding hydrogens is 414 g/mol. The van der Waals surface area contributed by atoms with E-state index in [1.807, 2.05) is 0 Å². The van der Waals surface area contributed by atoms with Crippen LogP contribution in [0.2, 0.25) is 0 Å². The van der Waals surface area contributed by atoms with E-state index >= 15 is 0 Å². The predicted octanol–water partition coefficient (Wildman–Crippen LogP) is -0.375. The minimum absolute atomic E-state index is 0. The number of hydrogen-bond acceptors (Lipinski definition) is 0. The van der Waals surface area contributed by atoms with E-state index in [4.69, 9.17) is 0 Å². The standard InChI is InChI=1S/C18H23.C3H6.2ClH.Zr/c1-3-17-16(14-9-5-6-10-14)13-15-11-7-8-12-18(15,17)4-2;1-3-2;;;/h5-9,11-13,15-17H,3-4,10H2,1-2H3;1-2H3;2*1H;/q-1;;;;+2/p-2. The normalized spacial score (nSPS) is 32.1. The number of rotatable bonds is 3. The molecule has 0 aromatic carbocycles. The van der Waals surface area contributed by atoms with Crippen molar-refractivity contribution in [3.8, 4) is 0 Å². The van der Waals surface area contributed by atoms with E-state index in [0.717, 1.165) is 12.3 Å². The van der Waals surface area contributed by atoms with Crippen LogP contribution in [0.25, 0.3) is 0 Å². The van der Waals surface area contributed by atoms with Crippen molar-refractivity contribution >= 4 is 3.21 Å². The van der Waals surface area contributed by atoms with Gasteiger partial charge in [0.05, 0.1) is 0 Å². The fourth-order valence-electron chi connectivity index (χ4n) is 4.36. The molecule has 4 atom stereocenters. The van der Waals surface area contributed by atoms with Gasteiger partial charge >= 0.3 is 41.3 Å². The van der Waals surface area contributed by atoms with E-state index in [1.165, 1.54) is 16.0 Å². The van der Waals surface area contributed by atoms with Crippen LogP contribution in [-0.2, 0) is 24.2 Å². The van der Waals surface area contributed by atoms with Crippen molar-refractivity contribution in [1.82, 2.24) is 0 Å². The van der Waals surface area contributed by atoms with Gasteiger partial charge in [-0.05, 0) is 18.3 Å². The van der Waals surface area contributed by atoms with E-state index in [2.05, 4.69) is 76.6 Å². The molecule has 4 unspecified atom stereocenters. The van der Waals surface area contributed by atoms with Crippen LogP contribution < -0.4 is 24.8 Å². The number of allylic oxidation sites excluding steroid dienone is 8. The van der Waals surface area contributed by atoms with Crippen molar-refractivity contribution in [2.75, 3.05) is 0 Å². The van der Waals surface area contributed by atoms with E-state index in [9.17, 15) is 0 Å². The van der Waals surface area contributed by atoms with Gasteiger partial charge in [-0.3, -0.25) is 0 Å². The summed E-state index contributed by atoms with van der Waals surface area (Å²) in [4.78, 5) is 0. The van der Waals surface area contributed by atoms with Crippen LogP contribution in [0.4, 0.5) is 0 Å².